The molecule has 0 saturated carbocycles. The van der Waals surface area contributed by atoms with E-state index in [4.69, 9.17) is 5.73 Å². The molecule has 2 heterocycles. The van der Waals surface area contributed by atoms with E-state index in [-0.39, 0.29) is 22.2 Å². The Hall–Kier alpha value is -1.00. The minimum atomic E-state index is -3.78. The SMILES string of the molecule is CC1CCC(C(N)=O)CN1S(=O)(=O)c1c(Br)nnn1C. The highest BCUT2D eigenvalue weighted by Crippen LogP contribution is 2.30. The first kappa shape index (κ1) is 15.4. The third-order valence-corrected chi connectivity index (χ3v) is 6.39. The molecule has 0 bridgehead atoms. The molecule has 1 aromatic rings. The molecule has 1 aromatic heterocycles. The van der Waals surface area contributed by atoms with Crippen molar-refractivity contribution in [3.63, 3.8) is 0 Å². The van der Waals surface area contributed by atoms with Crippen LogP contribution in [0.4, 0.5) is 0 Å². The van der Waals surface area contributed by atoms with Crippen molar-refractivity contribution < 1.29 is 13.2 Å². The van der Waals surface area contributed by atoms with Crippen molar-refractivity contribution in [1.82, 2.24) is 19.3 Å². The average molecular weight is 366 g/mol. The number of hydrogen-bond donors (Lipinski definition) is 1. The maximum Gasteiger partial charge on any atom is 0.263 e. The molecule has 1 saturated heterocycles. The first-order chi connectivity index (χ1) is 9.25. The van der Waals surface area contributed by atoms with Crippen LogP contribution in [-0.2, 0) is 21.9 Å². The van der Waals surface area contributed by atoms with Gasteiger partial charge in [-0.2, -0.15) is 4.31 Å². The Labute approximate surface area is 125 Å². The fourth-order valence-corrected chi connectivity index (χ4v) is 5.09. The second-order valence-corrected chi connectivity index (χ2v) is 7.47. The number of primary amides is 1. The van der Waals surface area contributed by atoms with E-state index in [1.54, 1.807) is 0 Å². The predicted molar refractivity (Wildman–Crippen MR) is 74.0 cm³/mol. The van der Waals surface area contributed by atoms with Gasteiger partial charge >= 0.3 is 0 Å². The van der Waals surface area contributed by atoms with Crippen LogP contribution in [-0.4, -0.2) is 46.2 Å². The molecule has 0 aliphatic carbocycles. The van der Waals surface area contributed by atoms with Crippen LogP contribution in [0.1, 0.15) is 19.8 Å². The zero-order valence-electron chi connectivity index (χ0n) is 11.2. The number of carbonyl (C=O) groups is 1. The smallest absolute Gasteiger partial charge is 0.263 e. The summed E-state index contributed by atoms with van der Waals surface area (Å²) in [6, 6.07) is -0.197. The van der Waals surface area contributed by atoms with Gasteiger partial charge in [-0.3, -0.25) is 4.79 Å². The number of sulfonamides is 1. The summed E-state index contributed by atoms with van der Waals surface area (Å²) < 4.78 is 28.1. The van der Waals surface area contributed by atoms with Gasteiger partial charge in [0, 0.05) is 19.6 Å². The van der Waals surface area contributed by atoms with E-state index < -0.39 is 21.8 Å². The first-order valence-corrected chi connectivity index (χ1v) is 8.34. The van der Waals surface area contributed by atoms with Crippen LogP contribution in [0.25, 0.3) is 0 Å². The minimum absolute atomic E-state index is 0.0190. The van der Waals surface area contributed by atoms with Crippen molar-refractivity contribution in [2.24, 2.45) is 18.7 Å². The minimum Gasteiger partial charge on any atom is -0.369 e. The molecular formula is C10H16BrN5O3S. The van der Waals surface area contributed by atoms with Gasteiger partial charge in [-0.05, 0) is 35.7 Å². The lowest BCUT2D eigenvalue weighted by Crippen LogP contribution is -2.48. The molecule has 2 unspecified atom stereocenters. The van der Waals surface area contributed by atoms with Crippen LogP contribution in [0.3, 0.4) is 0 Å². The Morgan fingerprint density at radius 3 is 2.60 bits per heavy atom. The monoisotopic (exact) mass is 365 g/mol. The molecule has 2 rings (SSSR count). The maximum absolute atomic E-state index is 12.7. The molecule has 2 atom stereocenters. The van der Waals surface area contributed by atoms with Crippen molar-refractivity contribution in [2.75, 3.05) is 6.54 Å². The number of piperidine rings is 1. The molecule has 112 valence electrons. The van der Waals surface area contributed by atoms with Crippen LogP contribution in [0.15, 0.2) is 9.63 Å². The molecule has 1 amide bonds. The third kappa shape index (κ3) is 2.59. The summed E-state index contributed by atoms with van der Waals surface area (Å²) in [5.74, 6) is -0.930. The number of halogens is 1. The van der Waals surface area contributed by atoms with E-state index in [0.29, 0.717) is 12.8 Å². The second-order valence-electron chi connectivity index (χ2n) is 4.91. The summed E-state index contributed by atoms with van der Waals surface area (Å²) in [4.78, 5) is 11.3. The normalized spacial score (nSPS) is 24.8. The Kier molecular flexibility index (Phi) is 4.17. The molecule has 1 fully saturated rings. The van der Waals surface area contributed by atoms with Crippen molar-refractivity contribution in [3.8, 4) is 0 Å². The van der Waals surface area contributed by atoms with E-state index >= 15 is 0 Å². The molecular weight excluding hydrogens is 350 g/mol. The number of carbonyl (C=O) groups excluding carboxylic acids is 1. The molecule has 8 nitrogen and oxygen atoms in total. The Morgan fingerprint density at radius 1 is 1.45 bits per heavy atom. The molecule has 0 radical (unpaired) electrons. The zero-order chi connectivity index (χ0) is 15.1. The Morgan fingerprint density at radius 2 is 2.10 bits per heavy atom. The van der Waals surface area contributed by atoms with E-state index in [1.165, 1.54) is 16.0 Å². The van der Waals surface area contributed by atoms with Gasteiger partial charge in [0.1, 0.15) is 0 Å². The van der Waals surface area contributed by atoms with Gasteiger partial charge in [-0.15, -0.1) is 5.10 Å². The number of amides is 1. The van der Waals surface area contributed by atoms with Crippen LogP contribution >= 0.6 is 15.9 Å². The summed E-state index contributed by atoms with van der Waals surface area (Å²) in [6.07, 6.45) is 1.20. The number of aromatic nitrogens is 3. The van der Waals surface area contributed by atoms with Gasteiger partial charge in [-0.25, -0.2) is 13.1 Å². The highest BCUT2D eigenvalue weighted by atomic mass is 79.9. The molecule has 0 spiro atoms. The van der Waals surface area contributed by atoms with Crippen LogP contribution < -0.4 is 5.73 Å². The van der Waals surface area contributed by atoms with Crippen molar-refractivity contribution >= 4 is 31.9 Å². The zero-order valence-corrected chi connectivity index (χ0v) is 13.6. The summed E-state index contributed by atoms with van der Waals surface area (Å²) in [7, 11) is -2.27. The highest BCUT2D eigenvalue weighted by Gasteiger charge is 2.39. The standard InChI is InChI=1S/C10H16BrN5O3S/c1-6-3-4-7(9(12)17)5-16(6)20(18,19)10-8(11)13-14-15(10)2/h6-7H,3-5H2,1-2H3,(H2,12,17). The van der Waals surface area contributed by atoms with Gasteiger partial charge in [0.2, 0.25) is 10.9 Å². The lowest BCUT2D eigenvalue weighted by molar-refractivity contribution is -0.123. The first-order valence-electron chi connectivity index (χ1n) is 6.11. The molecule has 1 aliphatic rings. The quantitative estimate of drug-likeness (QED) is 0.800. The lowest BCUT2D eigenvalue weighted by atomic mass is 9.95. The van der Waals surface area contributed by atoms with Gasteiger partial charge in [0.25, 0.3) is 10.0 Å². The topological polar surface area (TPSA) is 111 Å². The van der Waals surface area contributed by atoms with E-state index in [2.05, 4.69) is 26.2 Å². The lowest BCUT2D eigenvalue weighted by Gasteiger charge is -2.35. The molecule has 10 heteroatoms. The highest BCUT2D eigenvalue weighted by molar-refractivity contribution is 9.10. The fourth-order valence-electron chi connectivity index (χ4n) is 2.35. The molecule has 2 N–H and O–H groups in total. The summed E-state index contributed by atoms with van der Waals surface area (Å²) >= 11 is 3.09. The van der Waals surface area contributed by atoms with Gasteiger partial charge in [0.05, 0.1) is 5.92 Å². The summed E-state index contributed by atoms with van der Waals surface area (Å²) in [5.41, 5.74) is 5.30. The Balaban J connectivity index is 2.40. The van der Waals surface area contributed by atoms with E-state index in [1.807, 2.05) is 6.92 Å². The summed E-state index contributed by atoms with van der Waals surface area (Å²) in [5, 5.41) is 7.35. The maximum atomic E-state index is 12.7. The van der Waals surface area contributed by atoms with E-state index in [9.17, 15) is 13.2 Å². The largest absolute Gasteiger partial charge is 0.369 e. The van der Waals surface area contributed by atoms with Gasteiger partial charge < -0.3 is 5.73 Å². The number of aryl methyl sites for hydroxylation is 1. The average Bonchev–Trinajstić information content (AvgIpc) is 2.69. The van der Waals surface area contributed by atoms with Crippen molar-refractivity contribution in [1.29, 1.82) is 0 Å². The molecule has 1 aliphatic heterocycles. The Bertz CT molecular complexity index is 609. The summed E-state index contributed by atoms with van der Waals surface area (Å²) in [6.45, 7) is 1.91. The number of hydrogen-bond acceptors (Lipinski definition) is 5. The number of nitrogens with two attached hydrogens (primary N) is 1. The molecule has 0 aromatic carbocycles. The fraction of sp³-hybridized carbons (Fsp3) is 0.700. The van der Waals surface area contributed by atoms with E-state index in [0.717, 1.165) is 0 Å². The van der Waals surface area contributed by atoms with Crippen molar-refractivity contribution in [3.05, 3.63) is 4.60 Å². The third-order valence-electron chi connectivity index (χ3n) is 3.52. The molecule has 20 heavy (non-hydrogen) atoms. The number of nitrogens with zero attached hydrogens (tertiary/aromatic N) is 4. The van der Waals surface area contributed by atoms with Gasteiger partial charge in [0.15, 0.2) is 4.60 Å². The van der Waals surface area contributed by atoms with Crippen LogP contribution in [0.5, 0.6) is 0 Å². The number of rotatable bonds is 3. The predicted octanol–water partition coefficient (Wildman–Crippen LogP) is -0.148. The second kappa shape index (κ2) is 5.41. The van der Waals surface area contributed by atoms with Crippen LogP contribution in [0, 0.1) is 5.92 Å². The van der Waals surface area contributed by atoms with Crippen LogP contribution in [0.2, 0.25) is 0 Å². The van der Waals surface area contributed by atoms with Gasteiger partial charge in [-0.1, -0.05) is 5.21 Å². The van der Waals surface area contributed by atoms with Crippen molar-refractivity contribution in [2.45, 2.75) is 30.8 Å².